The van der Waals surface area contributed by atoms with Crippen LogP contribution in [0.3, 0.4) is 0 Å². The number of anilines is 2. The molecule has 2 saturated heterocycles. The van der Waals surface area contributed by atoms with Gasteiger partial charge >= 0.3 is 6.03 Å². The number of urea groups is 1. The van der Waals surface area contributed by atoms with Gasteiger partial charge in [-0.05, 0) is 100 Å². The molecule has 2 bridgehead atoms. The van der Waals surface area contributed by atoms with Crippen LogP contribution in [0, 0.1) is 18.7 Å². The molecule has 7 rings (SSSR count). The predicted molar refractivity (Wildman–Crippen MR) is 183 cm³/mol. The van der Waals surface area contributed by atoms with Gasteiger partial charge in [-0.2, -0.15) is 0 Å². The summed E-state index contributed by atoms with van der Waals surface area (Å²) in [6.45, 7) is 5.02. The Bertz CT molecular complexity index is 1560. The summed E-state index contributed by atoms with van der Waals surface area (Å²) in [5.74, 6) is 1.30. The summed E-state index contributed by atoms with van der Waals surface area (Å²) in [4.78, 5) is 38.2. The third-order valence-electron chi connectivity index (χ3n) is 11.0. The number of benzene rings is 2. The lowest BCUT2D eigenvalue weighted by molar-refractivity contribution is -0.137. The third-order valence-corrected chi connectivity index (χ3v) is 11.2. The van der Waals surface area contributed by atoms with Gasteiger partial charge in [-0.15, -0.1) is 0 Å². The highest BCUT2D eigenvalue weighted by Crippen LogP contribution is 2.42. The van der Waals surface area contributed by atoms with Crippen molar-refractivity contribution in [1.82, 2.24) is 19.4 Å². The van der Waals surface area contributed by atoms with E-state index in [2.05, 4.69) is 26.6 Å². The van der Waals surface area contributed by atoms with Crippen LogP contribution in [0.2, 0.25) is 5.02 Å². The number of hydrogen-bond acceptors (Lipinski definition) is 4. The van der Waals surface area contributed by atoms with E-state index in [0.29, 0.717) is 53.5 Å². The van der Waals surface area contributed by atoms with Crippen molar-refractivity contribution in [3.8, 4) is 0 Å². The molecule has 3 aromatic rings. The van der Waals surface area contributed by atoms with Gasteiger partial charge in [-0.25, -0.2) is 14.2 Å². The molecule has 3 amide bonds. The first-order valence-electron chi connectivity index (χ1n) is 17.5. The van der Waals surface area contributed by atoms with Crippen molar-refractivity contribution in [3.63, 3.8) is 0 Å². The number of aromatic nitrogens is 2. The number of carbonyl (C=O) groups is 2. The van der Waals surface area contributed by atoms with Crippen molar-refractivity contribution in [2.24, 2.45) is 5.92 Å². The standard InChI is InChI=1S/C37H46ClFN6O2/c1-25-40-34-24-42(36(46)26-6-3-2-4-7-26)21-18-35(34)45(25)33-22-31-16-17-32(23-33)43(31)19-5-20-44(30-14-10-28(39)11-15-30)37(47)41-29-12-8-27(38)9-13-29/h8-15,26,31-33H,2-7,16-24H2,1H3,(H,41,47). The van der Waals surface area contributed by atoms with Gasteiger partial charge in [0.15, 0.2) is 0 Å². The number of hydrogen-bond donors (Lipinski definition) is 1. The fourth-order valence-electron chi connectivity index (χ4n) is 8.75. The number of nitrogens with one attached hydrogen (secondary N) is 1. The van der Waals surface area contributed by atoms with Crippen LogP contribution in [0.25, 0.3) is 0 Å². The second-order valence-electron chi connectivity index (χ2n) is 13.9. The largest absolute Gasteiger partial charge is 0.336 e. The fourth-order valence-corrected chi connectivity index (χ4v) is 8.87. The zero-order valence-electron chi connectivity index (χ0n) is 27.3. The number of imidazole rings is 1. The van der Waals surface area contributed by atoms with Crippen molar-refractivity contribution >= 4 is 34.9 Å². The minimum Gasteiger partial charge on any atom is -0.336 e. The van der Waals surface area contributed by atoms with Crippen LogP contribution in [0.5, 0.6) is 0 Å². The summed E-state index contributed by atoms with van der Waals surface area (Å²) in [5.41, 5.74) is 3.77. The summed E-state index contributed by atoms with van der Waals surface area (Å²) in [5, 5.41) is 3.57. The highest BCUT2D eigenvalue weighted by molar-refractivity contribution is 6.30. The van der Waals surface area contributed by atoms with E-state index < -0.39 is 0 Å². The van der Waals surface area contributed by atoms with Gasteiger partial charge in [-0.1, -0.05) is 30.9 Å². The van der Waals surface area contributed by atoms with Crippen LogP contribution in [0.1, 0.15) is 87.5 Å². The van der Waals surface area contributed by atoms with E-state index in [0.717, 1.165) is 63.1 Å². The molecule has 2 atom stereocenters. The molecular weight excluding hydrogens is 615 g/mol. The monoisotopic (exact) mass is 660 g/mol. The molecule has 0 radical (unpaired) electrons. The Kier molecular flexibility index (Phi) is 9.55. The Balaban J connectivity index is 0.980. The van der Waals surface area contributed by atoms with Crippen molar-refractivity contribution in [1.29, 1.82) is 0 Å². The molecule has 0 spiro atoms. The van der Waals surface area contributed by atoms with Gasteiger partial charge in [0.1, 0.15) is 11.6 Å². The van der Waals surface area contributed by atoms with Gasteiger partial charge in [0.05, 0.1) is 12.2 Å². The van der Waals surface area contributed by atoms with E-state index in [-0.39, 0.29) is 17.8 Å². The molecule has 1 aliphatic carbocycles. The molecule has 4 aliphatic rings. The van der Waals surface area contributed by atoms with E-state index >= 15 is 0 Å². The molecule has 8 nitrogen and oxygen atoms in total. The van der Waals surface area contributed by atoms with Crippen molar-refractivity contribution in [2.75, 3.05) is 29.9 Å². The minimum atomic E-state index is -0.328. The van der Waals surface area contributed by atoms with E-state index in [9.17, 15) is 14.0 Å². The van der Waals surface area contributed by atoms with Gasteiger partial charge in [-0.3, -0.25) is 14.6 Å². The van der Waals surface area contributed by atoms with Crippen molar-refractivity contribution in [2.45, 2.75) is 102 Å². The quantitative estimate of drug-likeness (QED) is 0.268. The SMILES string of the molecule is Cc1nc2c(n1C1CC3CCC(C1)N3CCCN(C(=O)Nc1ccc(Cl)cc1)c1ccc(F)cc1)CCN(C(=O)C1CCCCC1)C2. The summed E-state index contributed by atoms with van der Waals surface area (Å²) < 4.78 is 16.3. The normalized spacial score (nSPS) is 23.0. The van der Waals surface area contributed by atoms with Gasteiger partial charge in [0, 0.05) is 72.2 Å². The second kappa shape index (κ2) is 14.0. The fraction of sp³-hybridized carbons (Fsp3) is 0.541. The third kappa shape index (κ3) is 6.93. The Hall–Kier alpha value is -3.43. The zero-order chi connectivity index (χ0) is 32.5. The van der Waals surface area contributed by atoms with Crippen LogP contribution in [-0.2, 0) is 17.8 Å². The molecular formula is C37H46ClFN6O2. The van der Waals surface area contributed by atoms with Gasteiger partial charge in [0.2, 0.25) is 5.91 Å². The average molecular weight is 661 g/mol. The number of rotatable bonds is 8. The maximum atomic E-state index is 13.7. The number of amides is 3. The van der Waals surface area contributed by atoms with Crippen molar-refractivity contribution in [3.05, 3.63) is 76.6 Å². The highest BCUT2D eigenvalue weighted by atomic mass is 35.5. The van der Waals surface area contributed by atoms with Crippen LogP contribution in [-0.4, -0.2) is 63.0 Å². The van der Waals surface area contributed by atoms with Crippen LogP contribution >= 0.6 is 11.6 Å². The number of nitrogens with zero attached hydrogens (tertiary/aromatic N) is 5. The van der Waals surface area contributed by atoms with E-state index in [4.69, 9.17) is 16.6 Å². The summed E-state index contributed by atoms with van der Waals surface area (Å²) >= 11 is 6.03. The van der Waals surface area contributed by atoms with Crippen LogP contribution in [0.4, 0.5) is 20.6 Å². The molecule has 47 heavy (non-hydrogen) atoms. The average Bonchev–Trinajstić information content (AvgIpc) is 3.53. The van der Waals surface area contributed by atoms with Gasteiger partial charge in [0.25, 0.3) is 0 Å². The number of carbonyl (C=O) groups excluding carboxylic acids is 2. The zero-order valence-corrected chi connectivity index (χ0v) is 28.1. The molecule has 10 heteroatoms. The first-order valence-corrected chi connectivity index (χ1v) is 17.9. The number of aryl methyl sites for hydroxylation is 1. The van der Waals surface area contributed by atoms with E-state index in [1.54, 1.807) is 41.3 Å². The first-order chi connectivity index (χ1) is 22.8. The second-order valence-corrected chi connectivity index (χ2v) is 14.4. The Labute approximate surface area is 282 Å². The number of halogens is 2. The number of fused-ring (bicyclic) bond motifs is 3. The molecule has 1 N–H and O–H groups in total. The van der Waals surface area contributed by atoms with Crippen LogP contribution in [0.15, 0.2) is 48.5 Å². The molecule has 2 aromatic carbocycles. The van der Waals surface area contributed by atoms with Crippen molar-refractivity contribution < 1.29 is 14.0 Å². The molecule has 2 unspecified atom stereocenters. The number of piperidine rings is 1. The smallest absolute Gasteiger partial charge is 0.326 e. The molecule has 3 fully saturated rings. The molecule has 3 aliphatic heterocycles. The maximum absolute atomic E-state index is 13.7. The highest BCUT2D eigenvalue weighted by Gasteiger charge is 2.42. The lowest BCUT2D eigenvalue weighted by Crippen LogP contribution is -2.45. The topological polar surface area (TPSA) is 73.7 Å². The van der Waals surface area contributed by atoms with E-state index in [1.165, 1.54) is 49.9 Å². The summed E-state index contributed by atoms with van der Waals surface area (Å²) in [6, 6.07) is 14.3. The van der Waals surface area contributed by atoms with Crippen LogP contribution < -0.4 is 10.2 Å². The molecule has 250 valence electrons. The molecule has 4 heterocycles. The Morgan fingerprint density at radius 1 is 0.957 bits per heavy atom. The maximum Gasteiger partial charge on any atom is 0.326 e. The summed E-state index contributed by atoms with van der Waals surface area (Å²) in [7, 11) is 0. The predicted octanol–water partition coefficient (Wildman–Crippen LogP) is 7.75. The van der Waals surface area contributed by atoms with E-state index in [1.807, 2.05) is 0 Å². The lowest BCUT2D eigenvalue weighted by atomic mass is 9.88. The Morgan fingerprint density at radius 2 is 1.66 bits per heavy atom. The van der Waals surface area contributed by atoms with Gasteiger partial charge < -0.3 is 14.8 Å². The lowest BCUT2D eigenvalue weighted by Gasteiger charge is -2.41. The summed E-state index contributed by atoms with van der Waals surface area (Å²) in [6.07, 6.45) is 12.0. The first kappa shape index (κ1) is 32.1. The molecule has 1 saturated carbocycles. The Morgan fingerprint density at radius 3 is 2.36 bits per heavy atom. The molecule has 1 aromatic heterocycles. The minimum absolute atomic E-state index is 0.203.